The molecule has 0 amide bonds. The van der Waals surface area contributed by atoms with Crippen molar-refractivity contribution < 1.29 is 0 Å². The van der Waals surface area contributed by atoms with Crippen molar-refractivity contribution in [2.24, 2.45) is 0 Å². The predicted octanol–water partition coefficient (Wildman–Crippen LogP) is 25.8. The van der Waals surface area contributed by atoms with Gasteiger partial charge in [0.2, 0.25) is 0 Å². The third-order valence-corrected chi connectivity index (χ3v) is 112. The van der Waals surface area contributed by atoms with E-state index in [0.29, 0.717) is 0 Å². The fraction of sp³-hybridized carbons (Fsp3) is 0.778. The zero-order chi connectivity index (χ0) is 82.4. The van der Waals surface area contributed by atoms with Gasteiger partial charge in [0.1, 0.15) is 0 Å². The van der Waals surface area contributed by atoms with Crippen molar-refractivity contribution in [3.05, 3.63) is 86.5 Å². The second-order valence-corrected chi connectivity index (χ2v) is 159. The Morgan fingerprint density at radius 3 is 0.267 bits per heavy atom. The summed E-state index contributed by atoms with van der Waals surface area (Å²) < 4.78 is 5.41. The largest absolute Gasteiger partial charge is 0 e. The van der Waals surface area contributed by atoms with Crippen molar-refractivity contribution in [2.45, 2.75) is 400 Å². The summed E-state index contributed by atoms with van der Waals surface area (Å²) >= 11 is 4.38. The molecule has 0 N–H and O–H groups in total. The minimum absolute atomic E-state index is 0. The smallest absolute Gasteiger partial charge is 0 e. The second-order valence-electron chi connectivity index (χ2n) is 52.6. The van der Waals surface area contributed by atoms with Crippen molar-refractivity contribution in [1.29, 1.82) is 0 Å². The van der Waals surface area contributed by atoms with Gasteiger partial charge in [-0.1, -0.05) is 0 Å². The first-order chi connectivity index (χ1) is 43.8. The van der Waals surface area contributed by atoms with Crippen LogP contribution in [0.15, 0.2) is 36.4 Å². The second kappa shape index (κ2) is 38.9. The molecule has 0 spiro atoms. The first-order valence-corrected chi connectivity index (χ1v) is 110. The van der Waals surface area contributed by atoms with Crippen molar-refractivity contribution in [3.8, 4) is 0 Å². The van der Waals surface area contributed by atoms with Crippen LogP contribution in [0.4, 0.5) is 0 Å². The molecule has 12 radical (unpaired) electrons. The standard InChI is InChI=1S/3C27H59Si6.3Bi.3Se/c3*1-28(2,3)25(29(4,5)6)22-19-23(26(30(7,8)9)31(10,11)12)21-24(20-22)27(32(13,14)15)33(16,17)18;;;;;;/h3*19-20,25-27H,1-18H3;;;;;;. The van der Waals surface area contributed by atoms with Crippen molar-refractivity contribution in [1.82, 2.24) is 0 Å². The summed E-state index contributed by atoms with van der Waals surface area (Å²) in [6.45, 7) is 143. The van der Waals surface area contributed by atoms with Crippen molar-refractivity contribution in [2.75, 3.05) is 0 Å². The first-order valence-electron chi connectivity index (χ1n) is 40.4. The van der Waals surface area contributed by atoms with Gasteiger partial charge in [-0.25, -0.2) is 0 Å². The Morgan fingerprint density at radius 2 is 0.210 bits per heavy atom. The van der Waals surface area contributed by atoms with Gasteiger partial charge in [0.15, 0.2) is 0 Å². The molecule has 0 saturated heterocycles. The number of hydrogen-bond donors (Lipinski definition) is 0. The first kappa shape index (κ1) is 115. The van der Waals surface area contributed by atoms with Crippen LogP contribution in [0.2, 0.25) is 354 Å². The molecule has 0 fully saturated rings. The summed E-state index contributed by atoms with van der Waals surface area (Å²) in [5.41, 5.74) is 16.3. The molecule has 0 aliphatic rings. The molecule has 0 nitrogen and oxygen atoms in total. The molecule has 0 unspecified atom stereocenters. The van der Waals surface area contributed by atoms with Crippen LogP contribution in [0.25, 0.3) is 0 Å². The Bertz CT molecular complexity index is 2640. The Balaban J connectivity index is -0.00000147. The van der Waals surface area contributed by atoms with E-state index in [-0.39, 0.29) is 51.2 Å². The molecule has 105 heavy (non-hydrogen) atoms. The minimum atomic E-state index is -1.37. The molecule has 3 aromatic rings. The molecule has 0 saturated carbocycles. The van der Waals surface area contributed by atoms with Crippen LogP contribution < -0.4 is 9.81 Å². The fourth-order valence-corrected chi connectivity index (χ4v) is 149. The van der Waals surface area contributed by atoms with E-state index in [4.69, 9.17) is 0 Å². The minimum Gasteiger partial charge on any atom is 0 e. The molecule has 3 rings (SSSR count). The zero-order valence-electron chi connectivity index (χ0n) is 80.2. The topological polar surface area (TPSA) is 0 Å². The van der Waals surface area contributed by atoms with E-state index in [1.807, 2.05) is 33.4 Å². The molecule has 3 aromatic carbocycles. The van der Waals surface area contributed by atoms with Gasteiger partial charge >= 0.3 is 716 Å². The van der Waals surface area contributed by atoms with Crippen LogP contribution >= 0.6 is 0 Å². The fourth-order valence-electron chi connectivity index (χ4n) is 24.2. The van der Waals surface area contributed by atoms with Gasteiger partial charge in [-0.2, -0.15) is 0 Å². The van der Waals surface area contributed by atoms with Gasteiger partial charge in [-0.3, -0.25) is 0 Å². The zero-order valence-corrected chi connectivity index (χ0v) is 114. The van der Waals surface area contributed by atoms with Gasteiger partial charge < -0.3 is 0 Å². The van der Waals surface area contributed by atoms with E-state index in [9.17, 15) is 0 Å². The molecule has 0 aliphatic heterocycles. The third-order valence-electron chi connectivity index (χ3n) is 22.0. The van der Waals surface area contributed by atoms with Crippen molar-refractivity contribution in [3.63, 3.8) is 0 Å². The number of benzene rings is 3. The predicted molar refractivity (Wildman–Crippen MR) is 558 cm³/mol. The molecule has 0 atom stereocenters. The van der Waals surface area contributed by atoms with Crippen LogP contribution in [0, 0.1) is 0 Å². The average molecular weight is 2520 g/mol. The van der Waals surface area contributed by atoms with Gasteiger partial charge in [0.05, 0.1) is 0 Å². The van der Waals surface area contributed by atoms with Gasteiger partial charge in [0, 0.05) is 51.2 Å². The molecule has 0 aliphatic carbocycles. The summed E-state index contributed by atoms with van der Waals surface area (Å²) in [5.74, 6) is 0. The van der Waals surface area contributed by atoms with E-state index in [0.717, 1.165) is 46.5 Å². The maximum atomic E-state index is 2.83. The van der Waals surface area contributed by atoms with Crippen LogP contribution in [-0.4, -0.2) is 271 Å². The maximum Gasteiger partial charge on any atom is 0 e. The van der Waals surface area contributed by atoms with E-state index in [1.165, 1.54) is 74.2 Å². The van der Waals surface area contributed by atoms with E-state index >= 15 is 0 Å². The Labute approximate surface area is 756 Å². The van der Waals surface area contributed by atoms with E-state index in [2.05, 4.69) is 390 Å². The summed E-state index contributed by atoms with van der Waals surface area (Å²) in [5, 5.41) is 7.51. The Kier molecular flexibility index (Phi) is 42.6. The molecule has 24 heteroatoms. The van der Waals surface area contributed by atoms with Crippen molar-refractivity contribution >= 4 is 281 Å². The molecular formula is C81H177Bi3Se3Si18. The van der Waals surface area contributed by atoms with Crippen LogP contribution in [-0.2, 0) is 0 Å². The Morgan fingerprint density at radius 1 is 0.143 bits per heavy atom. The van der Waals surface area contributed by atoms with E-state index in [1.54, 1.807) is 26.5 Å². The number of rotatable bonds is 27. The summed E-state index contributed by atoms with van der Waals surface area (Å²) in [6, 6.07) is 17.0. The maximum absolute atomic E-state index is 2.83. The SMILES string of the molecule is C[Si](C)(C)C(c1cc(C([Si](C)(C)C)[Si](C)(C)C)[c]([Bi])c(C([Si](C)(C)C)[Si](C)(C)C)c1)[Si](C)(C)C.C[Si](C)(C)C(c1cc(C([Si](C)(C)C)[Si](C)(C)C)[c]([Bi])c(C([Si](C)(C)C)[Si](C)(C)C)c1)[Si](C)(C)C.C[Si](C)(C)C(c1cc(C([Si](C)(C)C)[Si](C)(C)C)[c]([Bi])c(C([Si](C)(C)C)[Si](C)(C)C)c1)[Si](C)(C)C.[Se].[Se].[Se]. The van der Waals surface area contributed by atoms with Gasteiger partial charge in [-0.05, 0) is 0 Å². The van der Waals surface area contributed by atoms with E-state index < -0.39 is 145 Å². The monoisotopic (exact) mass is 2520 g/mol. The van der Waals surface area contributed by atoms with Crippen LogP contribution in [0.3, 0.4) is 0 Å². The molecular weight excluding hydrogens is 2340 g/mol. The Hall–Kier alpha value is 5.77. The molecule has 0 heterocycles. The normalized spacial score (nSPS) is 14.7. The third kappa shape index (κ3) is 32.6. The van der Waals surface area contributed by atoms with Gasteiger partial charge in [-0.15, -0.1) is 0 Å². The molecule has 606 valence electrons. The molecule has 0 aromatic heterocycles. The van der Waals surface area contributed by atoms with Crippen LogP contribution in [0.1, 0.15) is 96.6 Å². The van der Waals surface area contributed by atoms with Gasteiger partial charge in [0.25, 0.3) is 0 Å². The summed E-state index contributed by atoms with van der Waals surface area (Å²) in [4.78, 5) is 0. The average Bonchev–Trinajstić information content (AvgIpc) is 0.749. The quantitative estimate of drug-likeness (QED) is 0.0668. The van der Waals surface area contributed by atoms with Crippen LogP contribution in [0.5, 0.6) is 0 Å². The number of hydrogen-bond acceptors (Lipinski definition) is 0. The summed E-state index contributed by atoms with van der Waals surface area (Å²) in [7, 11) is -24.6. The molecule has 0 bridgehead atoms. The summed E-state index contributed by atoms with van der Waals surface area (Å²) in [6.07, 6.45) is 0.